The minimum atomic E-state index is -0.751. The molecule has 1 aromatic rings. The topological polar surface area (TPSA) is 57.5 Å². The van der Waals surface area contributed by atoms with Gasteiger partial charge in [0.25, 0.3) is 0 Å². The summed E-state index contributed by atoms with van der Waals surface area (Å²) in [6.45, 7) is 10.3. The Labute approximate surface area is 140 Å². The normalized spacial score (nSPS) is 12.4. The van der Waals surface area contributed by atoms with Gasteiger partial charge in [-0.25, -0.2) is 0 Å². The van der Waals surface area contributed by atoms with Crippen LogP contribution in [0.5, 0.6) is 5.75 Å². The summed E-state index contributed by atoms with van der Waals surface area (Å²) in [6, 6.07) is 5.59. The van der Waals surface area contributed by atoms with Crippen LogP contribution in [0.1, 0.15) is 71.4 Å². The van der Waals surface area contributed by atoms with Crippen molar-refractivity contribution in [3.05, 3.63) is 29.3 Å². The van der Waals surface area contributed by atoms with Gasteiger partial charge in [-0.2, -0.15) is 0 Å². The Morgan fingerprint density at radius 2 is 1.52 bits per heavy atom. The zero-order valence-electron chi connectivity index (χ0n) is 15.3. The number of phenols is 1. The van der Waals surface area contributed by atoms with Crippen LogP contribution < -0.4 is 0 Å². The minimum Gasteiger partial charge on any atom is -0.508 e. The van der Waals surface area contributed by atoms with Crippen molar-refractivity contribution in [3.8, 4) is 5.75 Å². The highest BCUT2D eigenvalue weighted by Gasteiger charge is 2.26. The molecular formula is C20H32O3. The van der Waals surface area contributed by atoms with Crippen LogP contribution in [0.4, 0.5) is 0 Å². The molecule has 0 aromatic heterocycles. The van der Waals surface area contributed by atoms with Gasteiger partial charge in [-0.05, 0) is 81.0 Å². The number of carboxylic acids is 1. The van der Waals surface area contributed by atoms with Crippen LogP contribution in [-0.2, 0) is 17.6 Å². The maximum Gasteiger partial charge on any atom is 0.309 e. The van der Waals surface area contributed by atoms with Gasteiger partial charge in [0, 0.05) is 0 Å². The Morgan fingerprint density at radius 1 is 0.957 bits per heavy atom. The number of hydrogen-bond donors (Lipinski definition) is 2. The number of phenolic OH excluding ortho intramolecular Hbond substituents is 1. The van der Waals surface area contributed by atoms with Crippen LogP contribution in [0, 0.1) is 10.8 Å². The highest BCUT2D eigenvalue weighted by molar-refractivity contribution is 5.73. The summed E-state index contributed by atoms with van der Waals surface area (Å²) in [5, 5.41) is 18.9. The molecule has 0 aliphatic carbocycles. The van der Waals surface area contributed by atoms with Crippen molar-refractivity contribution in [2.24, 2.45) is 10.8 Å². The Hall–Kier alpha value is -1.51. The summed E-state index contributed by atoms with van der Waals surface area (Å²) < 4.78 is 0. The summed E-state index contributed by atoms with van der Waals surface area (Å²) in [6.07, 6.45) is 5.57. The first kappa shape index (κ1) is 19.5. The molecule has 0 aliphatic rings. The van der Waals surface area contributed by atoms with Gasteiger partial charge in [0.05, 0.1) is 5.41 Å². The van der Waals surface area contributed by atoms with Gasteiger partial charge in [0.1, 0.15) is 5.75 Å². The predicted molar refractivity (Wildman–Crippen MR) is 94.9 cm³/mol. The number of carboxylic acid groups (broad SMARTS) is 1. The molecule has 0 amide bonds. The lowest BCUT2D eigenvalue weighted by Gasteiger charge is -2.20. The molecule has 0 radical (unpaired) electrons. The standard InChI is InChI=1S/C20H32O3/c1-19(2,3)12-6-8-15-10-11-17(21)14-16(15)9-7-13-20(4,5)18(22)23/h10-11,14,21H,6-9,12-13H2,1-5H3,(H,22,23). The lowest BCUT2D eigenvalue weighted by atomic mass is 9.85. The number of aliphatic carboxylic acids is 1. The van der Waals surface area contributed by atoms with Gasteiger partial charge < -0.3 is 10.2 Å². The van der Waals surface area contributed by atoms with Gasteiger partial charge in [0.15, 0.2) is 0 Å². The molecule has 0 heterocycles. The molecule has 0 spiro atoms. The van der Waals surface area contributed by atoms with Gasteiger partial charge in [-0.3, -0.25) is 4.79 Å². The number of hydrogen-bond acceptors (Lipinski definition) is 2. The first-order valence-electron chi connectivity index (χ1n) is 8.55. The third kappa shape index (κ3) is 7.06. The van der Waals surface area contributed by atoms with Crippen LogP contribution in [0.25, 0.3) is 0 Å². The van der Waals surface area contributed by atoms with E-state index in [1.54, 1.807) is 19.9 Å². The molecule has 23 heavy (non-hydrogen) atoms. The zero-order valence-corrected chi connectivity index (χ0v) is 15.3. The first-order chi connectivity index (χ1) is 10.5. The van der Waals surface area contributed by atoms with Crippen LogP contribution in [0.2, 0.25) is 0 Å². The second-order valence-electron chi connectivity index (χ2n) is 8.41. The minimum absolute atomic E-state index is 0.289. The molecule has 2 N–H and O–H groups in total. The van der Waals surface area contributed by atoms with Gasteiger partial charge >= 0.3 is 5.97 Å². The fraction of sp³-hybridized carbons (Fsp3) is 0.650. The largest absolute Gasteiger partial charge is 0.508 e. The number of aromatic hydroxyl groups is 1. The van der Waals surface area contributed by atoms with Crippen LogP contribution >= 0.6 is 0 Å². The van der Waals surface area contributed by atoms with Crippen LogP contribution in [-0.4, -0.2) is 16.2 Å². The van der Waals surface area contributed by atoms with Gasteiger partial charge in [0.2, 0.25) is 0 Å². The number of aryl methyl sites for hydroxylation is 2. The lowest BCUT2D eigenvalue weighted by molar-refractivity contribution is -0.147. The summed E-state index contributed by atoms with van der Waals surface area (Å²) in [7, 11) is 0. The Kier molecular flexibility index (Phi) is 6.67. The molecule has 0 saturated carbocycles. The fourth-order valence-corrected chi connectivity index (χ4v) is 2.73. The first-order valence-corrected chi connectivity index (χ1v) is 8.55. The predicted octanol–water partition coefficient (Wildman–Crippen LogP) is 5.19. The third-order valence-corrected chi connectivity index (χ3v) is 4.39. The molecule has 1 aromatic carbocycles. The van der Waals surface area contributed by atoms with E-state index in [1.807, 2.05) is 12.1 Å². The SMILES string of the molecule is CC(C)(C)CCCc1ccc(O)cc1CCCC(C)(C)C(=O)O. The maximum atomic E-state index is 11.2. The smallest absolute Gasteiger partial charge is 0.309 e. The molecule has 0 saturated heterocycles. The second kappa shape index (κ2) is 7.85. The quantitative estimate of drug-likeness (QED) is 0.692. The molecule has 3 nitrogen and oxygen atoms in total. The van der Waals surface area contributed by atoms with Crippen molar-refractivity contribution >= 4 is 5.97 Å². The van der Waals surface area contributed by atoms with E-state index in [1.165, 1.54) is 12.0 Å². The zero-order chi connectivity index (χ0) is 17.7. The summed E-state index contributed by atoms with van der Waals surface area (Å²) in [5.74, 6) is -0.462. The van der Waals surface area contributed by atoms with Crippen molar-refractivity contribution in [3.63, 3.8) is 0 Å². The molecule has 0 atom stereocenters. The Bertz CT molecular complexity index is 524. The van der Waals surface area contributed by atoms with E-state index in [9.17, 15) is 15.0 Å². The lowest BCUT2D eigenvalue weighted by Crippen LogP contribution is -2.23. The van der Waals surface area contributed by atoms with E-state index >= 15 is 0 Å². The monoisotopic (exact) mass is 320 g/mol. The molecule has 0 bridgehead atoms. The van der Waals surface area contributed by atoms with E-state index < -0.39 is 11.4 Å². The van der Waals surface area contributed by atoms with E-state index in [0.29, 0.717) is 11.8 Å². The van der Waals surface area contributed by atoms with E-state index in [-0.39, 0.29) is 5.75 Å². The summed E-state index contributed by atoms with van der Waals surface area (Å²) in [4.78, 5) is 11.2. The highest BCUT2D eigenvalue weighted by Crippen LogP contribution is 2.27. The Morgan fingerprint density at radius 3 is 2.09 bits per heavy atom. The average molecular weight is 320 g/mol. The van der Waals surface area contributed by atoms with Gasteiger partial charge in [-0.1, -0.05) is 26.8 Å². The van der Waals surface area contributed by atoms with E-state index in [2.05, 4.69) is 20.8 Å². The van der Waals surface area contributed by atoms with Crippen LogP contribution in [0.15, 0.2) is 18.2 Å². The third-order valence-electron chi connectivity index (χ3n) is 4.39. The van der Waals surface area contributed by atoms with Crippen molar-refractivity contribution in [1.29, 1.82) is 0 Å². The summed E-state index contributed by atoms with van der Waals surface area (Å²) >= 11 is 0. The average Bonchev–Trinajstić information content (AvgIpc) is 2.39. The summed E-state index contributed by atoms with van der Waals surface area (Å²) in [5.41, 5.74) is 2.08. The highest BCUT2D eigenvalue weighted by atomic mass is 16.4. The van der Waals surface area contributed by atoms with E-state index in [4.69, 9.17) is 0 Å². The molecule has 0 aliphatic heterocycles. The van der Waals surface area contributed by atoms with E-state index in [0.717, 1.165) is 31.2 Å². The van der Waals surface area contributed by atoms with Crippen molar-refractivity contribution in [2.75, 3.05) is 0 Å². The van der Waals surface area contributed by atoms with Crippen LogP contribution in [0.3, 0.4) is 0 Å². The maximum absolute atomic E-state index is 11.2. The Balaban J connectivity index is 2.66. The molecule has 1 rings (SSSR count). The van der Waals surface area contributed by atoms with Crippen molar-refractivity contribution in [2.45, 2.75) is 73.1 Å². The fourth-order valence-electron chi connectivity index (χ4n) is 2.73. The molecule has 0 fully saturated rings. The number of rotatable bonds is 8. The molecule has 3 heteroatoms. The van der Waals surface area contributed by atoms with Crippen molar-refractivity contribution < 1.29 is 15.0 Å². The molecule has 0 unspecified atom stereocenters. The number of carbonyl (C=O) groups is 1. The molecule has 130 valence electrons. The van der Waals surface area contributed by atoms with Crippen molar-refractivity contribution in [1.82, 2.24) is 0 Å². The number of benzene rings is 1. The van der Waals surface area contributed by atoms with Gasteiger partial charge in [-0.15, -0.1) is 0 Å². The second-order valence-corrected chi connectivity index (χ2v) is 8.41. The molecular weight excluding hydrogens is 288 g/mol.